The fourth-order valence-corrected chi connectivity index (χ4v) is 1.26. The third kappa shape index (κ3) is 2.54. The molecule has 6 nitrogen and oxygen atoms in total. The number of azo groups is 1. The zero-order chi connectivity index (χ0) is 12.3. The van der Waals surface area contributed by atoms with E-state index in [-0.39, 0.29) is 5.69 Å². The summed E-state index contributed by atoms with van der Waals surface area (Å²) in [6.07, 6.45) is 0. The van der Waals surface area contributed by atoms with E-state index in [1.165, 1.54) is 0 Å². The van der Waals surface area contributed by atoms with Crippen molar-refractivity contribution in [3.05, 3.63) is 46.5 Å². The molecule has 0 fully saturated rings. The zero-order valence-corrected chi connectivity index (χ0v) is 9.08. The van der Waals surface area contributed by atoms with Crippen LogP contribution >= 0.6 is 0 Å². The molecule has 0 unspecified atom stereocenters. The maximum absolute atomic E-state index is 11.5. The Labute approximate surface area is 96.7 Å². The Balaban J connectivity index is 2.37. The van der Waals surface area contributed by atoms with Gasteiger partial charge in [-0.05, 0) is 19.1 Å². The lowest BCUT2D eigenvalue weighted by Crippen LogP contribution is -2.08. The van der Waals surface area contributed by atoms with Gasteiger partial charge in [-0.2, -0.15) is 10.1 Å². The Morgan fingerprint density at radius 2 is 1.94 bits per heavy atom. The van der Waals surface area contributed by atoms with Crippen molar-refractivity contribution in [2.24, 2.45) is 10.2 Å². The molecule has 0 bridgehead atoms. The van der Waals surface area contributed by atoms with Gasteiger partial charge >= 0.3 is 0 Å². The minimum atomic E-state index is -0.519. The molecule has 1 aromatic carbocycles. The van der Waals surface area contributed by atoms with Gasteiger partial charge in [0, 0.05) is 0 Å². The van der Waals surface area contributed by atoms with Crippen molar-refractivity contribution in [2.75, 3.05) is 0 Å². The summed E-state index contributed by atoms with van der Waals surface area (Å²) in [5.41, 5.74) is -0.124. The van der Waals surface area contributed by atoms with Gasteiger partial charge in [-0.15, -0.1) is 5.11 Å². The van der Waals surface area contributed by atoms with E-state index in [4.69, 9.17) is 0 Å². The number of aromatic amines is 1. The first kappa shape index (κ1) is 11.0. The van der Waals surface area contributed by atoms with Crippen LogP contribution in [0.1, 0.15) is 5.82 Å². The van der Waals surface area contributed by atoms with Gasteiger partial charge in [0.05, 0.1) is 5.69 Å². The lowest BCUT2D eigenvalue weighted by molar-refractivity contribution is 0.450. The third-order valence-electron chi connectivity index (χ3n) is 2.02. The summed E-state index contributed by atoms with van der Waals surface area (Å²) < 4.78 is 0. The SMILES string of the molecule is Cc1nc(O)c(N=Nc2ccccc2)c(=O)[nH]1. The summed E-state index contributed by atoms with van der Waals surface area (Å²) in [4.78, 5) is 17.6. The predicted molar refractivity (Wildman–Crippen MR) is 61.9 cm³/mol. The molecule has 1 heterocycles. The van der Waals surface area contributed by atoms with Crippen LogP contribution in [0.2, 0.25) is 0 Å². The number of aromatic nitrogens is 2. The smallest absolute Gasteiger partial charge is 0.282 e. The van der Waals surface area contributed by atoms with E-state index < -0.39 is 11.4 Å². The highest BCUT2D eigenvalue weighted by Crippen LogP contribution is 2.21. The molecule has 0 radical (unpaired) electrons. The van der Waals surface area contributed by atoms with Crippen molar-refractivity contribution in [3.63, 3.8) is 0 Å². The zero-order valence-electron chi connectivity index (χ0n) is 9.08. The van der Waals surface area contributed by atoms with Crippen molar-refractivity contribution < 1.29 is 5.11 Å². The van der Waals surface area contributed by atoms with Crippen molar-refractivity contribution in [1.29, 1.82) is 0 Å². The molecule has 0 spiro atoms. The molecule has 0 saturated heterocycles. The summed E-state index contributed by atoms with van der Waals surface area (Å²) in [6.45, 7) is 1.57. The van der Waals surface area contributed by atoms with Crippen LogP contribution in [0.5, 0.6) is 5.88 Å². The highest BCUT2D eigenvalue weighted by molar-refractivity contribution is 5.44. The number of hydrogen-bond acceptors (Lipinski definition) is 5. The molecule has 17 heavy (non-hydrogen) atoms. The summed E-state index contributed by atoms with van der Waals surface area (Å²) in [5.74, 6) is -0.0999. The fraction of sp³-hybridized carbons (Fsp3) is 0.0909. The van der Waals surface area contributed by atoms with E-state index in [1.807, 2.05) is 6.07 Å². The van der Waals surface area contributed by atoms with Gasteiger partial charge in [-0.3, -0.25) is 4.79 Å². The number of hydrogen-bond donors (Lipinski definition) is 2. The Morgan fingerprint density at radius 3 is 2.59 bits per heavy atom. The molecule has 6 heteroatoms. The van der Waals surface area contributed by atoms with Crippen LogP contribution < -0.4 is 5.56 Å². The second-order valence-corrected chi connectivity index (χ2v) is 3.36. The van der Waals surface area contributed by atoms with Crippen molar-refractivity contribution >= 4 is 11.4 Å². The van der Waals surface area contributed by atoms with Crippen LogP contribution in [-0.2, 0) is 0 Å². The van der Waals surface area contributed by atoms with E-state index in [9.17, 15) is 9.90 Å². The molecule has 2 rings (SSSR count). The highest BCUT2D eigenvalue weighted by Gasteiger charge is 2.07. The van der Waals surface area contributed by atoms with Crippen molar-refractivity contribution in [2.45, 2.75) is 6.92 Å². The third-order valence-corrected chi connectivity index (χ3v) is 2.02. The minimum absolute atomic E-state index is 0.195. The number of aryl methyl sites for hydroxylation is 1. The monoisotopic (exact) mass is 230 g/mol. The van der Waals surface area contributed by atoms with Gasteiger partial charge < -0.3 is 10.1 Å². The van der Waals surface area contributed by atoms with Gasteiger partial charge in [0.25, 0.3) is 5.56 Å². The molecule has 2 N–H and O–H groups in total. The van der Waals surface area contributed by atoms with E-state index in [0.29, 0.717) is 11.5 Å². The molecule has 0 aliphatic rings. The van der Waals surface area contributed by atoms with Crippen LogP contribution in [0.15, 0.2) is 45.4 Å². The minimum Gasteiger partial charge on any atom is -0.492 e. The van der Waals surface area contributed by atoms with Crippen molar-refractivity contribution in [3.8, 4) is 5.88 Å². The number of benzene rings is 1. The summed E-state index contributed by atoms with van der Waals surface area (Å²) in [6, 6.07) is 8.90. The number of H-pyrrole nitrogens is 1. The van der Waals surface area contributed by atoms with Crippen molar-refractivity contribution in [1.82, 2.24) is 9.97 Å². The first-order chi connectivity index (χ1) is 8.16. The Kier molecular flexibility index (Phi) is 2.95. The number of aromatic hydroxyl groups is 1. The highest BCUT2D eigenvalue weighted by atomic mass is 16.3. The molecule has 0 aliphatic heterocycles. The normalized spacial score (nSPS) is 10.9. The number of rotatable bonds is 2. The fourth-order valence-electron chi connectivity index (χ4n) is 1.26. The first-order valence-electron chi connectivity index (χ1n) is 4.93. The summed E-state index contributed by atoms with van der Waals surface area (Å²) in [7, 11) is 0. The van der Waals surface area contributed by atoms with E-state index in [1.54, 1.807) is 31.2 Å². The predicted octanol–water partition coefficient (Wildman–Crippen LogP) is 2.20. The first-order valence-corrected chi connectivity index (χ1v) is 4.93. The standard InChI is InChI=1S/C11H10N4O2/c1-7-12-10(16)9(11(17)13-7)15-14-8-5-3-2-4-6-8/h2-6H,1H3,(H2,12,13,16,17). The van der Waals surface area contributed by atoms with E-state index >= 15 is 0 Å². The Bertz CT molecular complexity index is 605. The van der Waals surface area contributed by atoms with Gasteiger partial charge in [0.2, 0.25) is 11.6 Å². The lowest BCUT2D eigenvalue weighted by atomic mass is 10.3. The lowest BCUT2D eigenvalue weighted by Gasteiger charge is -1.97. The number of nitrogens with one attached hydrogen (secondary N) is 1. The van der Waals surface area contributed by atoms with Crippen LogP contribution in [-0.4, -0.2) is 15.1 Å². The van der Waals surface area contributed by atoms with Crippen LogP contribution in [0, 0.1) is 6.92 Å². The van der Waals surface area contributed by atoms with Crippen LogP contribution in [0.25, 0.3) is 0 Å². The average Bonchev–Trinajstić information content (AvgIpc) is 2.29. The molecule has 0 amide bonds. The molecule has 1 aromatic heterocycles. The number of nitrogens with zero attached hydrogens (tertiary/aromatic N) is 3. The maximum atomic E-state index is 11.5. The molecule has 0 atom stereocenters. The van der Waals surface area contributed by atoms with E-state index in [2.05, 4.69) is 20.2 Å². The van der Waals surface area contributed by atoms with Gasteiger partial charge in [0.1, 0.15) is 5.82 Å². The van der Waals surface area contributed by atoms with Gasteiger partial charge in [-0.25, -0.2) is 0 Å². The molecule has 0 aliphatic carbocycles. The summed E-state index contributed by atoms with van der Waals surface area (Å²) >= 11 is 0. The quantitative estimate of drug-likeness (QED) is 0.775. The maximum Gasteiger partial charge on any atom is 0.282 e. The van der Waals surface area contributed by atoms with Crippen LogP contribution in [0.4, 0.5) is 11.4 Å². The van der Waals surface area contributed by atoms with Crippen LogP contribution in [0.3, 0.4) is 0 Å². The largest absolute Gasteiger partial charge is 0.492 e. The van der Waals surface area contributed by atoms with E-state index in [0.717, 1.165) is 0 Å². The molecule has 0 saturated carbocycles. The molecule has 86 valence electrons. The average molecular weight is 230 g/mol. The van der Waals surface area contributed by atoms with Gasteiger partial charge in [-0.1, -0.05) is 18.2 Å². The Morgan fingerprint density at radius 1 is 1.24 bits per heavy atom. The second kappa shape index (κ2) is 4.56. The molecule has 2 aromatic rings. The van der Waals surface area contributed by atoms with Gasteiger partial charge in [0.15, 0.2) is 0 Å². The molecular formula is C11H10N4O2. The second-order valence-electron chi connectivity index (χ2n) is 3.36. The topological polar surface area (TPSA) is 90.7 Å². The Hall–Kier alpha value is -2.50. The summed E-state index contributed by atoms with van der Waals surface area (Å²) in [5, 5.41) is 17.0. The molecular weight excluding hydrogens is 220 g/mol.